The van der Waals surface area contributed by atoms with E-state index in [1.807, 2.05) is 12.1 Å². The van der Waals surface area contributed by atoms with Crippen LogP contribution in [0.25, 0.3) is 66.6 Å². The van der Waals surface area contributed by atoms with E-state index in [1.165, 1.54) is 38.8 Å². The van der Waals surface area contributed by atoms with Gasteiger partial charge >= 0.3 is 0 Å². The highest BCUT2D eigenvalue weighted by molar-refractivity contribution is 6.12. The minimum Gasteiger partial charge on any atom is -0.455 e. The lowest BCUT2D eigenvalue weighted by atomic mass is 9.83. The maximum Gasteiger partial charge on any atom is 0.143 e. The highest BCUT2D eigenvalue weighted by atomic mass is 16.3. The lowest BCUT2D eigenvalue weighted by Crippen LogP contribution is -2.06. The standard InChI is InChI=1S/C46H34N2O/c1-29(30-19-21-33(22-20-30)36-16-10-17-40-37-15-8-9-18-43(37)49-46(36)40)48-45-39-26-24-35(32-13-6-3-7-14-32)28-42(39)41-27-34(23-25-38(41)44(45)47)31-11-4-2-5-12-31/h2-22,24,26-28H,23,25,47H2,1H3. The zero-order valence-corrected chi connectivity index (χ0v) is 27.3. The van der Waals surface area contributed by atoms with Crippen molar-refractivity contribution in [1.29, 1.82) is 0 Å². The first-order valence-corrected chi connectivity index (χ1v) is 16.9. The van der Waals surface area contributed by atoms with Crippen LogP contribution in [0.3, 0.4) is 0 Å². The van der Waals surface area contributed by atoms with Gasteiger partial charge in [-0.3, -0.25) is 4.99 Å². The molecule has 0 unspecified atom stereocenters. The van der Waals surface area contributed by atoms with Crippen molar-refractivity contribution >= 4 is 61.4 Å². The molecule has 0 spiro atoms. The molecule has 0 bridgehead atoms. The fourth-order valence-electron chi connectivity index (χ4n) is 7.42. The van der Waals surface area contributed by atoms with Crippen LogP contribution in [0.4, 0.5) is 11.4 Å². The first-order valence-electron chi connectivity index (χ1n) is 16.9. The Morgan fingerprint density at radius 1 is 0.592 bits per heavy atom. The molecule has 1 heterocycles. The summed E-state index contributed by atoms with van der Waals surface area (Å²) >= 11 is 0. The molecule has 0 saturated heterocycles. The molecule has 1 aromatic heterocycles. The Balaban J connectivity index is 1.15. The van der Waals surface area contributed by atoms with E-state index in [9.17, 15) is 0 Å². The fraction of sp³-hybridized carbons (Fsp3) is 0.0652. The smallest absolute Gasteiger partial charge is 0.143 e. The van der Waals surface area contributed by atoms with Gasteiger partial charge in [-0.15, -0.1) is 0 Å². The zero-order chi connectivity index (χ0) is 32.9. The van der Waals surface area contributed by atoms with Crippen LogP contribution >= 0.6 is 0 Å². The molecule has 3 nitrogen and oxygen atoms in total. The molecular weight excluding hydrogens is 597 g/mol. The monoisotopic (exact) mass is 630 g/mol. The molecule has 0 radical (unpaired) electrons. The average molecular weight is 631 g/mol. The van der Waals surface area contributed by atoms with Crippen molar-refractivity contribution in [2.45, 2.75) is 19.8 Å². The summed E-state index contributed by atoms with van der Waals surface area (Å²) in [5.74, 6) is 0. The molecule has 234 valence electrons. The predicted octanol–water partition coefficient (Wildman–Crippen LogP) is 12.3. The normalized spacial score (nSPS) is 13.2. The SMILES string of the molecule is CC(=Nc1c(N)c2c(c3cc(-c4ccccc4)ccc13)C=C(c1ccccc1)CC2)c1ccc(-c2cccc3c2oc2ccccc23)cc1. The van der Waals surface area contributed by atoms with Crippen LogP contribution < -0.4 is 5.73 Å². The molecule has 0 atom stereocenters. The van der Waals surface area contributed by atoms with E-state index in [0.29, 0.717) is 0 Å². The van der Waals surface area contributed by atoms with Gasteiger partial charge in [0.1, 0.15) is 11.2 Å². The van der Waals surface area contributed by atoms with Crippen LogP contribution in [0, 0.1) is 0 Å². The van der Waals surface area contributed by atoms with E-state index in [2.05, 4.69) is 146 Å². The van der Waals surface area contributed by atoms with Gasteiger partial charge in [0.15, 0.2) is 0 Å². The number of rotatable bonds is 5. The van der Waals surface area contributed by atoms with E-state index in [0.717, 1.165) is 73.9 Å². The van der Waals surface area contributed by atoms with E-state index in [1.54, 1.807) is 0 Å². The number of furan rings is 1. The van der Waals surface area contributed by atoms with Crippen molar-refractivity contribution in [3.8, 4) is 22.3 Å². The number of nitrogen functional groups attached to an aromatic ring is 1. The summed E-state index contributed by atoms with van der Waals surface area (Å²) in [5, 5.41) is 4.51. The van der Waals surface area contributed by atoms with E-state index in [-0.39, 0.29) is 0 Å². The summed E-state index contributed by atoms with van der Waals surface area (Å²) in [6.07, 6.45) is 4.16. The Morgan fingerprint density at radius 2 is 1.29 bits per heavy atom. The van der Waals surface area contributed by atoms with Crippen molar-refractivity contribution in [2.24, 2.45) is 4.99 Å². The largest absolute Gasteiger partial charge is 0.455 e. The van der Waals surface area contributed by atoms with Crippen molar-refractivity contribution < 1.29 is 4.42 Å². The Morgan fingerprint density at radius 3 is 2.08 bits per heavy atom. The van der Waals surface area contributed by atoms with Crippen LogP contribution in [-0.2, 0) is 6.42 Å². The molecule has 1 aliphatic carbocycles. The summed E-state index contributed by atoms with van der Waals surface area (Å²) in [6, 6.07) is 51.1. The number of anilines is 1. The third-order valence-electron chi connectivity index (χ3n) is 9.98. The maximum absolute atomic E-state index is 7.07. The average Bonchev–Trinajstić information content (AvgIpc) is 3.56. The minimum absolute atomic E-state index is 0.769. The van der Waals surface area contributed by atoms with Gasteiger partial charge in [-0.25, -0.2) is 0 Å². The Kier molecular flexibility index (Phi) is 6.98. The lowest BCUT2D eigenvalue weighted by Gasteiger charge is -2.23. The fourth-order valence-corrected chi connectivity index (χ4v) is 7.42. The van der Waals surface area contributed by atoms with Crippen LogP contribution in [0.1, 0.15) is 35.6 Å². The number of allylic oxidation sites excluding steroid dienone is 1. The Labute approximate surface area is 285 Å². The van der Waals surface area contributed by atoms with Crippen molar-refractivity contribution in [3.63, 3.8) is 0 Å². The van der Waals surface area contributed by atoms with Gasteiger partial charge in [0.25, 0.3) is 0 Å². The number of aliphatic imine (C=N–C) groups is 1. The molecule has 3 heteroatoms. The molecule has 0 saturated carbocycles. The van der Waals surface area contributed by atoms with E-state index >= 15 is 0 Å². The second-order valence-electron chi connectivity index (χ2n) is 12.9. The molecule has 9 rings (SSSR count). The summed E-state index contributed by atoms with van der Waals surface area (Å²) in [6.45, 7) is 2.07. The number of nitrogens with zero attached hydrogens (tertiary/aromatic N) is 1. The van der Waals surface area contributed by atoms with Crippen molar-refractivity contribution in [3.05, 3.63) is 168 Å². The van der Waals surface area contributed by atoms with Gasteiger partial charge in [-0.05, 0) is 81.8 Å². The molecule has 0 amide bonds. The maximum atomic E-state index is 7.07. The number of fused-ring (bicyclic) bond motifs is 6. The van der Waals surface area contributed by atoms with Crippen LogP contribution in [0.2, 0.25) is 0 Å². The van der Waals surface area contributed by atoms with Gasteiger partial charge in [-0.2, -0.15) is 0 Å². The molecule has 49 heavy (non-hydrogen) atoms. The molecule has 8 aromatic rings. The first kappa shape index (κ1) is 29.0. The molecule has 7 aromatic carbocycles. The Hall–Kier alpha value is -6.19. The van der Waals surface area contributed by atoms with Gasteiger partial charge in [0.2, 0.25) is 0 Å². The quantitative estimate of drug-likeness (QED) is 0.152. The predicted molar refractivity (Wildman–Crippen MR) is 207 cm³/mol. The van der Waals surface area contributed by atoms with Gasteiger partial charge < -0.3 is 10.2 Å². The van der Waals surface area contributed by atoms with Crippen molar-refractivity contribution in [1.82, 2.24) is 0 Å². The van der Waals surface area contributed by atoms with Crippen LogP contribution in [0.15, 0.2) is 155 Å². The summed E-state index contributed by atoms with van der Waals surface area (Å²) in [7, 11) is 0. The molecule has 1 aliphatic rings. The Bertz CT molecular complexity index is 2590. The number of benzene rings is 7. The van der Waals surface area contributed by atoms with Crippen molar-refractivity contribution in [2.75, 3.05) is 5.73 Å². The van der Waals surface area contributed by atoms with Gasteiger partial charge in [0.05, 0.1) is 11.4 Å². The lowest BCUT2D eigenvalue weighted by molar-refractivity contribution is 0.670. The topological polar surface area (TPSA) is 51.5 Å². The molecule has 2 N–H and O–H groups in total. The minimum atomic E-state index is 0.769. The second-order valence-corrected chi connectivity index (χ2v) is 12.9. The summed E-state index contributed by atoms with van der Waals surface area (Å²) in [5.41, 5.74) is 22.0. The van der Waals surface area contributed by atoms with Crippen LogP contribution in [0.5, 0.6) is 0 Å². The molecule has 0 aliphatic heterocycles. The highest BCUT2D eigenvalue weighted by Gasteiger charge is 2.22. The number of hydrogen-bond donors (Lipinski definition) is 1. The molecule has 0 fully saturated rings. The summed E-state index contributed by atoms with van der Waals surface area (Å²) < 4.78 is 6.32. The summed E-state index contributed by atoms with van der Waals surface area (Å²) in [4.78, 5) is 5.28. The molecular formula is C46H34N2O. The zero-order valence-electron chi connectivity index (χ0n) is 27.3. The highest BCUT2D eigenvalue weighted by Crippen LogP contribution is 2.45. The third-order valence-corrected chi connectivity index (χ3v) is 9.98. The number of nitrogens with two attached hydrogens (primary N) is 1. The third kappa shape index (κ3) is 5.03. The number of hydrogen-bond acceptors (Lipinski definition) is 3. The van der Waals surface area contributed by atoms with Gasteiger partial charge in [-0.1, -0.05) is 140 Å². The number of para-hydroxylation sites is 2. The van der Waals surface area contributed by atoms with Crippen LogP contribution in [-0.4, -0.2) is 5.71 Å². The van der Waals surface area contributed by atoms with Gasteiger partial charge in [0, 0.05) is 27.4 Å². The van der Waals surface area contributed by atoms with E-state index in [4.69, 9.17) is 15.1 Å². The second kappa shape index (κ2) is 11.8. The first-order chi connectivity index (χ1) is 24.1. The van der Waals surface area contributed by atoms with E-state index < -0.39 is 0 Å².